The van der Waals surface area contributed by atoms with E-state index in [9.17, 15) is 4.79 Å². The summed E-state index contributed by atoms with van der Waals surface area (Å²) in [4.78, 5) is 10.5. The number of carboxylic acids is 1. The van der Waals surface area contributed by atoms with Gasteiger partial charge in [0.05, 0.1) is 6.42 Å². The highest BCUT2D eigenvalue weighted by atomic mass is 16.4. The molecule has 0 aliphatic rings. The van der Waals surface area contributed by atoms with Gasteiger partial charge in [-0.25, -0.2) is 0 Å². The van der Waals surface area contributed by atoms with Crippen LogP contribution in [0.3, 0.4) is 0 Å². The van der Waals surface area contributed by atoms with Crippen LogP contribution in [0.1, 0.15) is 47.0 Å². The van der Waals surface area contributed by atoms with Crippen molar-refractivity contribution < 1.29 is 9.90 Å². The molecule has 2 N–H and O–H groups in total. The fourth-order valence-electron chi connectivity index (χ4n) is 1.90. The van der Waals surface area contributed by atoms with Crippen LogP contribution in [0.25, 0.3) is 0 Å². The molecule has 0 fully saturated rings. The average molecular weight is 201 g/mol. The van der Waals surface area contributed by atoms with Gasteiger partial charge >= 0.3 is 5.97 Å². The van der Waals surface area contributed by atoms with Crippen molar-refractivity contribution in [2.24, 2.45) is 5.92 Å². The first kappa shape index (κ1) is 13.4. The molecule has 2 atom stereocenters. The van der Waals surface area contributed by atoms with Gasteiger partial charge in [-0.15, -0.1) is 0 Å². The maximum absolute atomic E-state index is 10.5. The normalized spacial score (nSPS) is 15.5. The fourth-order valence-corrected chi connectivity index (χ4v) is 1.90. The summed E-state index contributed by atoms with van der Waals surface area (Å²) in [5, 5.41) is 11.9. The molecule has 0 saturated heterocycles. The van der Waals surface area contributed by atoms with Crippen molar-refractivity contribution in [1.82, 2.24) is 5.32 Å². The summed E-state index contributed by atoms with van der Waals surface area (Å²) >= 11 is 0. The lowest BCUT2D eigenvalue weighted by atomic mass is 9.95. The summed E-state index contributed by atoms with van der Waals surface area (Å²) in [7, 11) is 0. The van der Waals surface area contributed by atoms with Crippen molar-refractivity contribution in [2.75, 3.05) is 0 Å². The minimum absolute atomic E-state index is 0.0584. The second-order valence-electron chi connectivity index (χ2n) is 4.03. The number of rotatable bonds is 7. The van der Waals surface area contributed by atoms with E-state index in [0.717, 1.165) is 12.8 Å². The molecule has 0 amide bonds. The van der Waals surface area contributed by atoms with Crippen LogP contribution >= 0.6 is 0 Å². The SMILES string of the molecule is CCC(CC)C(C)NC(C)CC(=O)O. The molecule has 0 aromatic rings. The van der Waals surface area contributed by atoms with Crippen molar-refractivity contribution in [2.45, 2.75) is 59.0 Å². The second kappa shape index (κ2) is 6.82. The van der Waals surface area contributed by atoms with Gasteiger partial charge in [-0.1, -0.05) is 26.7 Å². The average Bonchev–Trinajstić information content (AvgIpc) is 2.04. The monoisotopic (exact) mass is 201 g/mol. The molecule has 2 unspecified atom stereocenters. The molecule has 3 heteroatoms. The smallest absolute Gasteiger partial charge is 0.304 e. The molecule has 0 radical (unpaired) electrons. The zero-order valence-corrected chi connectivity index (χ0v) is 9.71. The van der Waals surface area contributed by atoms with Crippen LogP contribution in [0.2, 0.25) is 0 Å². The molecule has 0 bridgehead atoms. The van der Waals surface area contributed by atoms with Crippen LogP contribution in [-0.2, 0) is 4.79 Å². The molecule has 0 heterocycles. The number of carboxylic acid groups (broad SMARTS) is 1. The maximum atomic E-state index is 10.5. The van der Waals surface area contributed by atoms with Crippen LogP contribution in [0, 0.1) is 5.92 Å². The Kier molecular flexibility index (Phi) is 6.54. The van der Waals surface area contributed by atoms with Crippen molar-refractivity contribution in [1.29, 1.82) is 0 Å². The van der Waals surface area contributed by atoms with Gasteiger partial charge in [-0.2, -0.15) is 0 Å². The molecule has 3 nitrogen and oxygen atoms in total. The number of hydrogen-bond acceptors (Lipinski definition) is 2. The minimum atomic E-state index is -0.734. The Labute approximate surface area is 86.9 Å². The molecule has 0 spiro atoms. The highest BCUT2D eigenvalue weighted by Crippen LogP contribution is 2.13. The third-order valence-electron chi connectivity index (χ3n) is 2.78. The highest BCUT2D eigenvalue weighted by molar-refractivity contribution is 5.67. The summed E-state index contributed by atoms with van der Waals surface area (Å²) < 4.78 is 0. The topological polar surface area (TPSA) is 49.3 Å². The Morgan fingerprint density at radius 2 is 1.79 bits per heavy atom. The van der Waals surface area contributed by atoms with Crippen LogP contribution in [-0.4, -0.2) is 23.2 Å². The molecule has 0 aliphatic carbocycles. The first-order chi connectivity index (χ1) is 6.51. The quantitative estimate of drug-likeness (QED) is 0.664. The summed E-state index contributed by atoms with van der Waals surface area (Å²) in [6.07, 6.45) is 2.49. The molecule has 14 heavy (non-hydrogen) atoms. The largest absolute Gasteiger partial charge is 0.481 e. The molecular weight excluding hydrogens is 178 g/mol. The molecule has 0 saturated carbocycles. The van der Waals surface area contributed by atoms with E-state index >= 15 is 0 Å². The standard InChI is InChI=1S/C11H23NO2/c1-5-10(6-2)9(4)12-8(3)7-11(13)14/h8-10,12H,5-7H2,1-4H3,(H,13,14). The predicted octanol–water partition coefficient (Wildman–Crippen LogP) is 2.26. The predicted molar refractivity (Wildman–Crippen MR) is 58.4 cm³/mol. The highest BCUT2D eigenvalue weighted by Gasteiger charge is 2.16. The first-order valence-electron chi connectivity index (χ1n) is 5.49. The van der Waals surface area contributed by atoms with Gasteiger partial charge in [-0.3, -0.25) is 4.79 Å². The fraction of sp³-hybridized carbons (Fsp3) is 0.909. The van der Waals surface area contributed by atoms with Gasteiger partial charge in [0.1, 0.15) is 0 Å². The zero-order valence-electron chi connectivity index (χ0n) is 9.71. The van der Waals surface area contributed by atoms with E-state index in [2.05, 4.69) is 26.1 Å². The lowest BCUT2D eigenvalue weighted by Crippen LogP contribution is -2.40. The molecule has 0 rings (SSSR count). The van der Waals surface area contributed by atoms with Gasteiger partial charge in [-0.05, 0) is 19.8 Å². The van der Waals surface area contributed by atoms with E-state index in [4.69, 9.17) is 5.11 Å². The van der Waals surface area contributed by atoms with Crippen LogP contribution in [0.5, 0.6) is 0 Å². The van der Waals surface area contributed by atoms with Crippen LogP contribution in [0.4, 0.5) is 0 Å². The van der Waals surface area contributed by atoms with Gasteiger partial charge in [0.2, 0.25) is 0 Å². The second-order valence-corrected chi connectivity index (χ2v) is 4.03. The van der Waals surface area contributed by atoms with Crippen LogP contribution in [0.15, 0.2) is 0 Å². The summed E-state index contributed by atoms with van der Waals surface area (Å²) in [5.74, 6) is -0.0898. The molecule has 0 aromatic heterocycles. The lowest BCUT2D eigenvalue weighted by Gasteiger charge is -2.25. The maximum Gasteiger partial charge on any atom is 0.304 e. The van der Waals surface area contributed by atoms with Crippen molar-refractivity contribution in [3.8, 4) is 0 Å². The Morgan fingerprint density at radius 3 is 2.14 bits per heavy atom. The van der Waals surface area contributed by atoms with E-state index in [1.165, 1.54) is 0 Å². The lowest BCUT2D eigenvalue weighted by molar-refractivity contribution is -0.137. The van der Waals surface area contributed by atoms with Gasteiger partial charge < -0.3 is 10.4 Å². The van der Waals surface area contributed by atoms with E-state index in [1.807, 2.05) is 6.92 Å². The van der Waals surface area contributed by atoms with Gasteiger partial charge in [0.25, 0.3) is 0 Å². The van der Waals surface area contributed by atoms with Gasteiger partial charge in [0.15, 0.2) is 0 Å². The third-order valence-corrected chi connectivity index (χ3v) is 2.78. The molecule has 84 valence electrons. The molecular formula is C11H23NO2. The Bertz CT molecular complexity index is 167. The van der Waals surface area contributed by atoms with Crippen LogP contribution < -0.4 is 5.32 Å². The molecule has 0 aromatic carbocycles. The third kappa shape index (κ3) is 5.22. The Balaban J connectivity index is 3.90. The Hall–Kier alpha value is -0.570. The van der Waals surface area contributed by atoms with E-state index in [0.29, 0.717) is 12.0 Å². The first-order valence-corrected chi connectivity index (χ1v) is 5.49. The summed E-state index contributed by atoms with van der Waals surface area (Å²) in [6.45, 7) is 8.41. The summed E-state index contributed by atoms with van der Waals surface area (Å²) in [6, 6.07) is 0.461. The van der Waals surface area contributed by atoms with E-state index in [-0.39, 0.29) is 12.5 Å². The van der Waals surface area contributed by atoms with Crippen molar-refractivity contribution in [3.63, 3.8) is 0 Å². The van der Waals surface area contributed by atoms with Crippen molar-refractivity contribution in [3.05, 3.63) is 0 Å². The minimum Gasteiger partial charge on any atom is -0.481 e. The molecule has 0 aliphatic heterocycles. The summed E-state index contributed by atoms with van der Waals surface area (Å²) in [5.41, 5.74) is 0. The number of aliphatic carboxylic acids is 1. The van der Waals surface area contributed by atoms with Crippen molar-refractivity contribution >= 4 is 5.97 Å². The van der Waals surface area contributed by atoms with Gasteiger partial charge in [0, 0.05) is 12.1 Å². The number of nitrogens with one attached hydrogen (secondary N) is 1. The Morgan fingerprint density at radius 1 is 1.29 bits per heavy atom. The zero-order chi connectivity index (χ0) is 11.1. The van der Waals surface area contributed by atoms with E-state index < -0.39 is 5.97 Å². The van der Waals surface area contributed by atoms with E-state index in [1.54, 1.807) is 0 Å². The number of hydrogen-bond donors (Lipinski definition) is 2. The number of carbonyl (C=O) groups is 1.